The van der Waals surface area contributed by atoms with Crippen LogP contribution in [-0.2, 0) is 11.2 Å². The van der Waals surface area contributed by atoms with Crippen molar-refractivity contribution >= 4 is 34.9 Å². The third-order valence-electron chi connectivity index (χ3n) is 4.15. The highest BCUT2D eigenvalue weighted by molar-refractivity contribution is 6.34. The van der Waals surface area contributed by atoms with Crippen LogP contribution in [0.2, 0.25) is 5.02 Å². The number of fused-ring (bicyclic) bond motifs is 2. The Morgan fingerprint density at radius 2 is 2.12 bits per heavy atom. The summed E-state index contributed by atoms with van der Waals surface area (Å²) in [5.41, 5.74) is 2.01. The van der Waals surface area contributed by atoms with Gasteiger partial charge >= 0.3 is 6.03 Å². The normalized spacial score (nSPS) is 17.3. The first-order chi connectivity index (χ1) is 12.6. The van der Waals surface area contributed by atoms with Crippen LogP contribution in [0.25, 0.3) is 0 Å². The molecule has 4 rings (SSSR count). The molecule has 3 amide bonds. The van der Waals surface area contributed by atoms with Crippen molar-refractivity contribution in [2.75, 3.05) is 23.8 Å². The minimum atomic E-state index is -0.397. The van der Waals surface area contributed by atoms with Crippen LogP contribution in [0.1, 0.15) is 5.56 Å². The molecule has 0 aliphatic carbocycles. The van der Waals surface area contributed by atoms with Crippen molar-refractivity contribution in [3.63, 3.8) is 0 Å². The van der Waals surface area contributed by atoms with Crippen LogP contribution in [0, 0.1) is 0 Å². The summed E-state index contributed by atoms with van der Waals surface area (Å²) in [6.45, 7) is 0.301. The van der Waals surface area contributed by atoms with Crippen molar-refractivity contribution < 1.29 is 19.1 Å². The van der Waals surface area contributed by atoms with E-state index in [1.165, 1.54) is 0 Å². The number of halogens is 1. The molecule has 0 spiro atoms. The summed E-state index contributed by atoms with van der Waals surface area (Å²) in [6, 6.07) is 10.5. The molecule has 2 aliphatic rings. The molecule has 3 N–H and O–H groups in total. The zero-order valence-corrected chi connectivity index (χ0v) is 14.4. The fourth-order valence-electron chi connectivity index (χ4n) is 2.94. The standard InChI is InChI=1S/C18H16ClN3O4/c19-12-6-14-16(25-9-17(23)21-14)7-13(12)22-18(24)20-8-11-5-10-3-1-2-4-15(10)26-11/h1-4,6-7,11H,5,8-9H2,(H,21,23)(H2,20,22,24)/t11-/m1/s1. The van der Waals surface area contributed by atoms with Crippen molar-refractivity contribution in [3.05, 3.63) is 47.0 Å². The number of urea groups is 1. The highest BCUT2D eigenvalue weighted by Crippen LogP contribution is 2.36. The molecule has 7 nitrogen and oxygen atoms in total. The molecular formula is C18H16ClN3O4. The summed E-state index contributed by atoms with van der Waals surface area (Å²) >= 11 is 6.17. The van der Waals surface area contributed by atoms with E-state index in [2.05, 4.69) is 16.0 Å². The van der Waals surface area contributed by atoms with E-state index in [4.69, 9.17) is 21.1 Å². The summed E-state index contributed by atoms with van der Waals surface area (Å²) in [4.78, 5) is 23.5. The average molecular weight is 374 g/mol. The molecule has 0 radical (unpaired) electrons. The van der Waals surface area contributed by atoms with Crippen LogP contribution in [0.4, 0.5) is 16.2 Å². The van der Waals surface area contributed by atoms with Gasteiger partial charge < -0.3 is 25.4 Å². The third-order valence-corrected chi connectivity index (χ3v) is 4.47. The maximum Gasteiger partial charge on any atom is 0.319 e. The molecule has 0 fully saturated rings. The number of hydrogen-bond donors (Lipinski definition) is 3. The van der Waals surface area contributed by atoms with E-state index >= 15 is 0 Å². The third kappa shape index (κ3) is 3.39. The Morgan fingerprint density at radius 3 is 2.96 bits per heavy atom. The molecule has 0 saturated carbocycles. The van der Waals surface area contributed by atoms with Gasteiger partial charge in [-0.15, -0.1) is 0 Å². The van der Waals surface area contributed by atoms with Crippen LogP contribution in [0.3, 0.4) is 0 Å². The van der Waals surface area contributed by atoms with E-state index in [0.717, 1.165) is 17.7 Å². The number of ether oxygens (including phenoxy) is 2. The van der Waals surface area contributed by atoms with Crippen molar-refractivity contribution in [3.8, 4) is 11.5 Å². The lowest BCUT2D eigenvalue weighted by Gasteiger charge is -2.20. The van der Waals surface area contributed by atoms with E-state index in [0.29, 0.717) is 28.7 Å². The summed E-state index contributed by atoms with van der Waals surface area (Å²) in [5, 5.41) is 8.42. The molecule has 8 heteroatoms. The lowest BCUT2D eigenvalue weighted by atomic mass is 10.1. The summed E-state index contributed by atoms with van der Waals surface area (Å²) in [7, 11) is 0. The quantitative estimate of drug-likeness (QED) is 0.771. The van der Waals surface area contributed by atoms with Crippen LogP contribution in [0.15, 0.2) is 36.4 Å². The van der Waals surface area contributed by atoms with Crippen LogP contribution < -0.4 is 25.4 Å². The highest BCUT2D eigenvalue weighted by atomic mass is 35.5. The van der Waals surface area contributed by atoms with E-state index in [-0.39, 0.29) is 18.6 Å². The summed E-state index contributed by atoms with van der Waals surface area (Å²) < 4.78 is 11.1. The predicted octanol–water partition coefficient (Wildman–Crippen LogP) is 2.80. The molecule has 0 bridgehead atoms. The topological polar surface area (TPSA) is 88.7 Å². The monoisotopic (exact) mass is 373 g/mol. The van der Waals surface area contributed by atoms with Gasteiger partial charge in [0.2, 0.25) is 0 Å². The van der Waals surface area contributed by atoms with Gasteiger partial charge in [0, 0.05) is 12.5 Å². The maximum atomic E-state index is 12.2. The van der Waals surface area contributed by atoms with E-state index < -0.39 is 6.03 Å². The number of rotatable bonds is 3. The SMILES string of the molecule is O=C1COc2cc(NC(=O)NC[C@H]3Cc4ccccc4O3)c(Cl)cc2N1. The maximum absolute atomic E-state index is 12.2. The first-order valence-electron chi connectivity index (χ1n) is 8.14. The molecule has 2 aliphatic heterocycles. The summed E-state index contributed by atoms with van der Waals surface area (Å²) in [5.74, 6) is 1.07. The number of carbonyl (C=O) groups excluding carboxylic acids is 2. The van der Waals surface area contributed by atoms with Gasteiger partial charge in [-0.3, -0.25) is 4.79 Å². The van der Waals surface area contributed by atoms with Gasteiger partial charge in [0.25, 0.3) is 5.91 Å². The molecule has 2 heterocycles. The Labute approximate surface area is 154 Å². The van der Waals surface area contributed by atoms with Gasteiger partial charge in [-0.25, -0.2) is 4.79 Å². The Hall–Kier alpha value is -2.93. The number of anilines is 2. The zero-order chi connectivity index (χ0) is 18.1. The van der Waals surface area contributed by atoms with Crippen molar-refractivity contribution in [1.82, 2.24) is 5.32 Å². The Balaban J connectivity index is 1.35. The Kier molecular flexibility index (Phi) is 4.30. The molecule has 0 unspecified atom stereocenters. The lowest BCUT2D eigenvalue weighted by molar-refractivity contribution is -0.118. The van der Waals surface area contributed by atoms with Gasteiger partial charge in [-0.2, -0.15) is 0 Å². The van der Waals surface area contributed by atoms with E-state index in [1.807, 2.05) is 24.3 Å². The Morgan fingerprint density at radius 1 is 1.27 bits per heavy atom. The van der Waals surface area contributed by atoms with Gasteiger partial charge in [-0.1, -0.05) is 29.8 Å². The molecule has 2 aromatic carbocycles. The zero-order valence-electron chi connectivity index (χ0n) is 13.7. The van der Waals surface area contributed by atoms with Crippen LogP contribution in [0.5, 0.6) is 11.5 Å². The number of para-hydroxylation sites is 1. The van der Waals surface area contributed by atoms with Crippen molar-refractivity contribution in [2.45, 2.75) is 12.5 Å². The minimum Gasteiger partial charge on any atom is -0.488 e. The van der Waals surface area contributed by atoms with E-state index in [9.17, 15) is 9.59 Å². The minimum absolute atomic E-state index is 0.0696. The second-order valence-electron chi connectivity index (χ2n) is 6.05. The second kappa shape index (κ2) is 6.76. The lowest BCUT2D eigenvalue weighted by Crippen LogP contribution is -2.37. The summed E-state index contributed by atoms with van der Waals surface area (Å²) in [6.07, 6.45) is 0.652. The highest BCUT2D eigenvalue weighted by Gasteiger charge is 2.23. The molecule has 2 aromatic rings. The molecule has 134 valence electrons. The smallest absolute Gasteiger partial charge is 0.319 e. The van der Waals surface area contributed by atoms with Crippen molar-refractivity contribution in [1.29, 1.82) is 0 Å². The number of amides is 3. The molecule has 0 saturated heterocycles. The second-order valence-corrected chi connectivity index (χ2v) is 6.46. The van der Waals surface area contributed by atoms with Gasteiger partial charge in [-0.05, 0) is 17.7 Å². The number of hydrogen-bond acceptors (Lipinski definition) is 4. The van der Waals surface area contributed by atoms with Crippen molar-refractivity contribution in [2.24, 2.45) is 0 Å². The van der Waals surface area contributed by atoms with Gasteiger partial charge in [0.05, 0.1) is 22.9 Å². The van der Waals surface area contributed by atoms with Crippen LogP contribution >= 0.6 is 11.6 Å². The average Bonchev–Trinajstić information content (AvgIpc) is 3.04. The fourth-order valence-corrected chi connectivity index (χ4v) is 3.15. The number of nitrogens with one attached hydrogen (secondary N) is 3. The molecule has 1 atom stereocenters. The first-order valence-corrected chi connectivity index (χ1v) is 8.52. The number of carbonyl (C=O) groups is 2. The fraction of sp³-hybridized carbons (Fsp3) is 0.222. The predicted molar refractivity (Wildman–Crippen MR) is 97.2 cm³/mol. The first kappa shape index (κ1) is 16.5. The van der Waals surface area contributed by atoms with Crippen LogP contribution in [-0.4, -0.2) is 31.2 Å². The van der Waals surface area contributed by atoms with Gasteiger partial charge in [0.15, 0.2) is 6.61 Å². The molecular weight excluding hydrogens is 358 g/mol. The van der Waals surface area contributed by atoms with E-state index in [1.54, 1.807) is 12.1 Å². The largest absolute Gasteiger partial charge is 0.488 e. The van der Waals surface area contributed by atoms with Gasteiger partial charge in [0.1, 0.15) is 17.6 Å². The Bertz CT molecular complexity index is 862. The molecule has 0 aromatic heterocycles. The molecule has 26 heavy (non-hydrogen) atoms. The number of benzene rings is 2.